The summed E-state index contributed by atoms with van der Waals surface area (Å²) in [5.74, 6) is 0.875. The minimum Gasteiger partial charge on any atom is -0.316 e. The molecule has 0 spiro atoms. The number of aryl methyl sites for hydroxylation is 1. The van der Waals surface area contributed by atoms with E-state index >= 15 is 0 Å². The van der Waals surface area contributed by atoms with Gasteiger partial charge in [-0.2, -0.15) is 0 Å². The van der Waals surface area contributed by atoms with E-state index in [0.717, 1.165) is 12.3 Å². The van der Waals surface area contributed by atoms with E-state index in [-0.39, 0.29) is 0 Å². The van der Waals surface area contributed by atoms with E-state index in [1.807, 2.05) is 7.05 Å². The second-order valence-electron chi connectivity index (χ2n) is 3.11. The highest BCUT2D eigenvalue weighted by Crippen LogP contribution is 2.18. The van der Waals surface area contributed by atoms with Crippen LogP contribution in [0, 0.1) is 6.92 Å². The van der Waals surface area contributed by atoms with Gasteiger partial charge < -0.3 is 5.32 Å². The summed E-state index contributed by atoms with van der Waals surface area (Å²) in [7, 11) is 8.92. The Morgan fingerprint density at radius 2 is 2.00 bits per heavy atom. The first-order valence-electron chi connectivity index (χ1n) is 4.24. The molecule has 0 bridgehead atoms. The molecule has 0 saturated carbocycles. The summed E-state index contributed by atoms with van der Waals surface area (Å²) in [4.78, 5) is 0. The summed E-state index contributed by atoms with van der Waals surface area (Å²) in [5, 5.41) is 3.14. The van der Waals surface area contributed by atoms with E-state index in [2.05, 4.69) is 30.4 Å². The minimum atomic E-state index is 0.875. The second-order valence-corrected chi connectivity index (χ2v) is 4.27. The van der Waals surface area contributed by atoms with Gasteiger partial charge in [-0.25, -0.2) is 0 Å². The molecular formula is C10H14ClNS. The summed E-state index contributed by atoms with van der Waals surface area (Å²) < 4.78 is 0. The first kappa shape index (κ1) is 10.9. The molecule has 0 heterocycles. The number of hydrogen-bond donors (Lipinski definition) is 1. The average molecular weight is 216 g/mol. The van der Waals surface area contributed by atoms with Crippen LogP contribution in [0.4, 0.5) is 0 Å². The molecule has 72 valence electrons. The van der Waals surface area contributed by atoms with Crippen molar-refractivity contribution in [2.24, 2.45) is 0 Å². The number of hydrogen-bond acceptors (Lipinski definition) is 2. The molecule has 3 heteroatoms. The van der Waals surface area contributed by atoms with E-state index in [1.54, 1.807) is 0 Å². The van der Waals surface area contributed by atoms with Crippen LogP contribution in [0.15, 0.2) is 18.2 Å². The molecule has 1 N–H and O–H groups in total. The Morgan fingerprint density at radius 1 is 1.31 bits per heavy atom. The van der Waals surface area contributed by atoms with Gasteiger partial charge in [0.05, 0.1) is 0 Å². The maximum atomic E-state index is 5.62. The van der Waals surface area contributed by atoms with E-state index in [0.29, 0.717) is 0 Å². The van der Waals surface area contributed by atoms with Crippen molar-refractivity contribution in [3.63, 3.8) is 0 Å². The lowest BCUT2D eigenvalue weighted by Gasteiger charge is -2.05. The molecule has 0 amide bonds. The first-order chi connectivity index (χ1) is 6.26. The molecule has 0 aliphatic heterocycles. The molecule has 0 atom stereocenters. The molecule has 1 aromatic rings. The molecule has 1 rings (SSSR count). The molecule has 1 aromatic carbocycles. The summed E-state index contributed by atoms with van der Waals surface area (Å²) in [6.45, 7) is 3.03. The summed E-state index contributed by atoms with van der Waals surface area (Å²) in [6.07, 6.45) is 0. The highest BCUT2D eigenvalue weighted by atomic mass is 35.7. The summed E-state index contributed by atoms with van der Waals surface area (Å²) >= 11 is 0. The Morgan fingerprint density at radius 3 is 2.62 bits per heavy atom. The van der Waals surface area contributed by atoms with Gasteiger partial charge in [-0.1, -0.05) is 34.7 Å². The van der Waals surface area contributed by atoms with E-state index in [1.165, 1.54) is 27.7 Å². The highest BCUT2D eigenvalue weighted by Gasteiger charge is 1.97. The maximum Gasteiger partial charge on any atom is 0.0337 e. The molecule has 0 aromatic heterocycles. The van der Waals surface area contributed by atoms with E-state index in [4.69, 9.17) is 10.7 Å². The zero-order valence-electron chi connectivity index (χ0n) is 7.93. The Bertz CT molecular complexity index is 251. The number of rotatable bonds is 4. The third kappa shape index (κ3) is 3.59. The second kappa shape index (κ2) is 5.53. The Labute approximate surface area is 88.4 Å². The van der Waals surface area contributed by atoms with Gasteiger partial charge in [0.1, 0.15) is 0 Å². The lowest BCUT2D eigenvalue weighted by molar-refractivity contribution is 0.816. The lowest BCUT2D eigenvalue weighted by Crippen LogP contribution is -2.05. The number of benzene rings is 1. The van der Waals surface area contributed by atoms with Crippen molar-refractivity contribution >= 4 is 21.7 Å². The molecule has 0 aliphatic carbocycles. The van der Waals surface area contributed by atoms with Crippen molar-refractivity contribution in [2.75, 3.05) is 7.05 Å². The molecule has 0 unspecified atom stereocenters. The maximum absolute atomic E-state index is 5.62. The van der Waals surface area contributed by atoms with E-state index in [9.17, 15) is 0 Å². The fourth-order valence-corrected chi connectivity index (χ4v) is 2.07. The van der Waals surface area contributed by atoms with Crippen molar-refractivity contribution in [3.8, 4) is 0 Å². The van der Waals surface area contributed by atoms with Crippen LogP contribution in [0.3, 0.4) is 0 Å². The SMILES string of the molecule is CNCc1cc(C)cc(CSCl)c1. The molecule has 0 radical (unpaired) electrons. The molecule has 1 nitrogen and oxygen atoms in total. The van der Waals surface area contributed by atoms with Gasteiger partial charge in [-0.3, -0.25) is 0 Å². The zero-order valence-corrected chi connectivity index (χ0v) is 9.50. The predicted octanol–water partition coefficient (Wildman–Crippen LogP) is 3.10. The van der Waals surface area contributed by atoms with Crippen LogP contribution in [0.2, 0.25) is 0 Å². The zero-order chi connectivity index (χ0) is 9.68. The number of halogens is 1. The largest absolute Gasteiger partial charge is 0.316 e. The normalized spacial score (nSPS) is 10.4. The van der Waals surface area contributed by atoms with Gasteiger partial charge in [0.25, 0.3) is 0 Å². The Kier molecular flexibility index (Phi) is 4.64. The minimum absolute atomic E-state index is 0.875. The van der Waals surface area contributed by atoms with Gasteiger partial charge in [-0.05, 0) is 35.8 Å². The standard InChI is InChI=1S/C10H14ClNS/c1-8-3-9(6-12-2)5-10(4-8)7-13-11/h3-5,12H,6-7H2,1-2H3. The van der Waals surface area contributed by atoms with Gasteiger partial charge in [0.15, 0.2) is 0 Å². The van der Waals surface area contributed by atoms with Crippen molar-refractivity contribution in [2.45, 2.75) is 19.2 Å². The van der Waals surface area contributed by atoms with Crippen LogP contribution in [-0.2, 0) is 12.3 Å². The third-order valence-electron chi connectivity index (χ3n) is 1.80. The van der Waals surface area contributed by atoms with Crippen LogP contribution in [-0.4, -0.2) is 7.05 Å². The van der Waals surface area contributed by atoms with Crippen molar-refractivity contribution in [1.29, 1.82) is 0 Å². The smallest absolute Gasteiger partial charge is 0.0337 e. The van der Waals surface area contributed by atoms with Crippen LogP contribution < -0.4 is 5.32 Å². The molecule has 0 fully saturated rings. The Balaban J connectivity index is 2.83. The fraction of sp³-hybridized carbons (Fsp3) is 0.400. The Hall–Kier alpha value is -0.180. The van der Waals surface area contributed by atoms with Gasteiger partial charge in [0, 0.05) is 12.3 Å². The average Bonchev–Trinajstić information content (AvgIpc) is 2.04. The van der Waals surface area contributed by atoms with Gasteiger partial charge in [-0.15, -0.1) is 0 Å². The molecule has 13 heavy (non-hydrogen) atoms. The van der Waals surface area contributed by atoms with Crippen molar-refractivity contribution < 1.29 is 0 Å². The highest BCUT2D eigenvalue weighted by molar-refractivity contribution is 8.20. The number of nitrogens with one attached hydrogen (secondary N) is 1. The lowest BCUT2D eigenvalue weighted by atomic mass is 10.1. The van der Waals surface area contributed by atoms with Crippen molar-refractivity contribution in [3.05, 3.63) is 34.9 Å². The molecule has 0 aliphatic rings. The predicted molar refractivity (Wildman–Crippen MR) is 61.1 cm³/mol. The fourth-order valence-electron chi connectivity index (χ4n) is 1.40. The summed E-state index contributed by atoms with van der Waals surface area (Å²) in [6, 6.07) is 6.56. The van der Waals surface area contributed by atoms with E-state index < -0.39 is 0 Å². The topological polar surface area (TPSA) is 12.0 Å². The molecule has 0 saturated heterocycles. The first-order valence-corrected chi connectivity index (χ1v) is 6.05. The van der Waals surface area contributed by atoms with Crippen LogP contribution in [0.25, 0.3) is 0 Å². The third-order valence-corrected chi connectivity index (χ3v) is 2.57. The summed E-state index contributed by atoms with van der Waals surface area (Å²) in [5.41, 5.74) is 3.92. The van der Waals surface area contributed by atoms with Gasteiger partial charge in [0.2, 0.25) is 0 Å². The quantitative estimate of drug-likeness (QED) is 0.829. The molecular weight excluding hydrogens is 202 g/mol. The van der Waals surface area contributed by atoms with Crippen molar-refractivity contribution in [1.82, 2.24) is 5.32 Å². The van der Waals surface area contributed by atoms with Gasteiger partial charge >= 0.3 is 0 Å². The van der Waals surface area contributed by atoms with Crippen LogP contribution in [0.1, 0.15) is 16.7 Å². The van der Waals surface area contributed by atoms with Crippen LogP contribution >= 0.6 is 21.7 Å². The van der Waals surface area contributed by atoms with Crippen LogP contribution in [0.5, 0.6) is 0 Å². The monoisotopic (exact) mass is 215 g/mol.